The number of fused-ring (bicyclic) bond motifs is 1. The Morgan fingerprint density at radius 1 is 1.38 bits per heavy atom. The van der Waals surface area contributed by atoms with E-state index >= 15 is 0 Å². The lowest BCUT2D eigenvalue weighted by molar-refractivity contribution is -0.141. The van der Waals surface area contributed by atoms with Gasteiger partial charge in [0, 0.05) is 5.92 Å². The highest BCUT2D eigenvalue weighted by Gasteiger charge is 2.47. The van der Waals surface area contributed by atoms with Gasteiger partial charge in [-0.15, -0.1) is 0 Å². The Bertz CT molecular complexity index is 726. The molecule has 0 N–H and O–H groups in total. The summed E-state index contributed by atoms with van der Waals surface area (Å²) < 4.78 is 48.4. The smallest absolute Gasteiger partial charge is 0.416 e. The number of carbonyl (C=O) groups is 2. The molecule has 1 saturated carbocycles. The van der Waals surface area contributed by atoms with E-state index in [1.807, 2.05) is 6.92 Å². The second-order valence-electron chi connectivity index (χ2n) is 6.83. The average molecular weight is 368 g/mol. The van der Waals surface area contributed by atoms with E-state index in [0.29, 0.717) is 12.3 Å². The molecule has 0 amide bonds. The molecule has 1 saturated heterocycles. The van der Waals surface area contributed by atoms with Crippen LogP contribution in [0.15, 0.2) is 36.4 Å². The topological polar surface area (TPSA) is 52.6 Å². The minimum absolute atomic E-state index is 0.00865. The van der Waals surface area contributed by atoms with Crippen LogP contribution in [0.25, 0.3) is 0 Å². The van der Waals surface area contributed by atoms with Crippen LogP contribution in [0.1, 0.15) is 25.3 Å². The van der Waals surface area contributed by atoms with Crippen molar-refractivity contribution >= 4 is 11.8 Å². The molecule has 4 atom stereocenters. The Kier molecular flexibility index (Phi) is 5.07. The summed E-state index contributed by atoms with van der Waals surface area (Å²) >= 11 is 0. The van der Waals surface area contributed by atoms with E-state index < -0.39 is 11.7 Å². The van der Waals surface area contributed by atoms with Crippen LogP contribution in [0.5, 0.6) is 5.75 Å². The summed E-state index contributed by atoms with van der Waals surface area (Å²) in [5, 5.41) is 0. The zero-order chi connectivity index (χ0) is 18.9. The lowest BCUT2D eigenvalue weighted by Gasteiger charge is -2.15. The number of esters is 1. The number of carbonyl (C=O) groups excluding carboxylic acids is 2. The maximum absolute atomic E-state index is 12.7. The highest BCUT2D eigenvalue weighted by Crippen LogP contribution is 2.45. The van der Waals surface area contributed by atoms with Crippen LogP contribution >= 0.6 is 0 Å². The van der Waals surface area contributed by atoms with Gasteiger partial charge in [-0.25, -0.2) is 0 Å². The van der Waals surface area contributed by atoms with Crippen LogP contribution in [0.4, 0.5) is 13.2 Å². The van der Waals surface area contributed by atoms with E-state index in [9.17, 15) is 22.8 Å². The summed E-state index contributed by atoms with van der Waals surface area (Å²) in [6.07, 6.45) is -0.239. The van der Waals surface area contributed by atoms with Crippen LogP contribution in [0, 0.1) is 17.8 Å². The number of ether oxygens (including phenoxy) is 2. The lowest BCUT2D eigenvalue weighted by atomic mass is 9.88. The van der Waals surface area contributed by atoms with Crippen molar-refractivity contribution in [3.05, 3.63) is 42.0 Å². The van der Waals surface area contributed by atoms with Gasteiger partial charge >= 0.3 is 12.1 Å². The molecular formula is C19H19F3O4. The lowest BCUT2D eigenvalue weighted by Crippen LogP contribution is -2.15. The van der Waals surface area contributed by atoms with Crippen LogP contribution in [0.3, 0.4) is 0 Å². The van der Waals surface area contributed by atoms with Crippen molar-refractivity contribution in [3.63, 3.8) is 0 Å². The van der Waals surface area contributed by atoms with Crippen molar-refractivity contribution in [1.29, 1.82) is 0 Å². The molecule has 1 aliphatic carbocycles. The molecule has 1 aromatic carbocycles. The highest BCUT2D eigenvalue weighted by molar-refractivity contribution is 5.91. The quantitative estimate of drug-likeness (QED) is 0.586. The largest absolute Gasteiger partial charge is 0.485 e. The second-order valence-corrected chi connectivity index (χ2v) is 6.83. The third-order valence-electron chi connectivity index (χ3n) is 4.97. The highest BCUT2D eigenvalue weighted by atomic mass is 19.4. The number of alkyl halides is 3. The molecule has 7 heteroatoms. The van der Waals surface area contributed by atoms with Gasteiger partial charge in [-0.2, -0.15) is 13.2 Å². The number of ketones is 1. The average Bonchev–Trinajstić information content (AvgIpc) is 3.05. The Balaban J connectivity index is 1.56. The summed E-state index contributed by atoms with van der Waals surface area (Å²) in [6.45, 7) is 1.70. The van der Waals surface area contributed by atoms with E-state index in [1.165, 1.54) is 18.2 Å². The fourth-order valence-electron chi connectivity index (χ4n) is 3.70. The van der Waals surface area contributed by atoms with Crippen molar-refractivity contribution in [2.45, 2.75) is 32.0 Å². The molecule has 0 radical (unpaired) electrons. The van der Waals surface area contributed by atoms with E-state index in [1.54, 1.807) is 6.08 Å². The SMILES string of the molecule is CC1CC2OC(=O)CC2[C@H]1/C=C/C(=O)COc1cccc(C(F)(F)F)c1. The first-order chi connectivity index (χ1) is 12.2. The zero-order valence-corrected chi connectivity index (χ0v) is 14.2. The molecule has 3 unspecified atom stereocenters. The zero-order valence-electron chi connectivity index (χ0n) is 14.2. The molecule has 0 bridgehead atoms. The molecule has 1 aliphatic heterocycles. The minimum atomic E-state index is -4.46. The van der Waals surface area contributed by atoms with Gasteiger partial charge in [-0.1, -0.05) is 19.1 Å². The number of hydrogen-bond donors (Lipinski definition) is 0. The first-order valence-electron chi connectivity index (χ1n) is 8.44. The Morgan fingerprint density at radius 3 is 2.88 bits per heavy atom. The van der Waals surface area contributed by atoms with E-state index in [0.717, 1.165) is 18.6 Å². The van der Waals surface area contributed by atoms with E-state index in [4.69, 9.17) is 9.47 Å². The van der Waals surface area contributed by atoms with Crippen molar-refractivity contribution in [2.24, 2.45) is 17.8 Å². The first kappa shape index (κ1) is 18.5. The van der Waals surface area contributed by atoms with Crippen LogP contribution in [0.2, 0.25) is 0 Å². The minimum Gasteiger partial charge on any atom is -0.485 e. The summed E-state index contributed by atoms with van der Waals surface area (Å²) in [5.74, 6) is -0.0973. The standard InChI is InChI=1S/C19H19F3O4/c1-11-7-17-16(9-18(24)26-17)15(11)6-5-13(23)10-25-14-4-2-3-12(8-14)19(20,21)22/h2-6,8,11,15-17H,7,9-10H2,1H3/b6-5+/t11?,15-,16?,17?/m0/s1. The molecule has 4 nitrogen and oxygen atoms in total. The third-order valence-corrected chi connectivity index (χ3v) is 4.97. The van der Waals surface area contributed by atoms with Crippen LogP contribution in [-0.4, -0.2) is 24.5 Å². The van der Waals surface area contributed by atoms with Crippen molar-refractivity contribution in [3.8, 4) is 5.75 Å². The maximum atomic E-state index is 12.7. The third kappa shape index (κ3) is 4.08. The number of halogens is 3. The van der Waals surface area contributed by atoms with Crippen LogP contribution < -0.4 is 4.74 Å². The van der Waals surface area contributed by atoms with Crippen molar-refractivity contribution in [1.82, 2.24) is 0 Å². The molecule has 0 spiro atoms. The molecular weight excluding hydrogens is 349 g/mol. The van der Waals surface area contributed by atoms with Gasteiger partial charge in [0.25, 0.3) is 0 Å². The van der Waals surface area contributed by atoms with Gasteiger partial charge in [0.2, 0.25) is 0 Å². The van der Waals surface area contributed by atoms with Crippen LogP contribution in [-0.2, 0) is 20.5 Å². The molecule has 2 fully saturated rings. The Morgan fingerprint density at radius 2 is 2.15 bits per heavy atom. The molecule has 3 rings (SSSR count). The van der Waals surface area contributed by atoms with Crippen molar-refractivity contribution < 1.29 is 32.2 Å². The number of allylic oxidation sites excluding steroid dienone is 1. The Labute approximate surface area is 149 Å². The predicted molar refractivity (Wildman–Crippen MR) is 86.3 cm³/mol. The molecule has 26 heavy (non-hydrogen) atoms. The summed E-state index contributed by atoms with van der Waals surface area (Å²) in [5.41, 5.74) is -0.824. The Hall–Kier alpha value is -2.31. The molecule has 2 aliphatic rings. The van der Waals surface area contributed by atoms with Gasteiger partial charge < -0.3 is 9.47 Å². The normalized spacial score (nSPS) is 28.2. The number of hydrogen-bond acceptors (Lipinski definition) is 4. The van der Waals surface area contributed by atoms with E-state index in [-0.39, 0.29) is 42.0 Å². The molecule has 1 heterocycles. The predicted octanol–water partition coefficient (Wildman–Crippen LogP) is 3.80. The molecule has 140 valence electrons. The van der Waals surface area contributed by atoms with Gasteiger partial charge in [-0.05, 0) is 42.5 Å². The fourth-order valence-corrected chi connectivity index (χ4v) is 3.70. The van der Waals surface area contributed by atoms with Gasteiger partial charge in [-0.3, -0.25) is 9.59 Å². The maximum Gasteiger partial charge on any atom is 0.416 e. The molecule has 1 aromatic rings. The van der Waals surface area contributed by atoms with Gasteiger partial charge in [0.15, 0.2) is 12.4 Å². The number of benzene rings is 1. The number of rotatable bonds is 5. The monoisotopic (exact) mass is 368 g/mol. The van der Waals surface area contributed by atoms with Gasteiger partial charge in [0.05, 0.1) is 12.0 Å². The summed E-state index contributed by atoms with van der Waals surface area (Å²) in [6, 6.07) is 4.41. The first-order valence-corrected chi connectivity index (χ1v) is 8.44. The fraction of sp³-hybridized carbons (Fsp3) is 0.474. The molecule has 0 aromatic heterocycles. The second kappa shape index (κ2) is 7.13. The summed E-state index contributed by atoms with van der Waals surface area (Å²) in [7, 11) is 0. The van der Waals surface area contributed by atoms with Gasteiger partial charge in [0.1, 0.15) is 11.9 Å². The van der Waals surface area contributed by atoms with E-state index in [2.05, 4.69) is 0 Å². The summed E-state index contributed by atoms with van der Waals surface area (Å²) in [4.78, 5) is 23.4. The van der Waals surface area contributed by atoms with Crippen molar-refractivity contribution in [2.75, 3.05) is 6.61 Å².